The van der Waals surface area contributed by atoms with E-state index in [9.17, 15) is 9.59 Å². The molecule has 0 aliphatic carbocycles. The maximum atomic E-state index is 12.9. The van der Waals surface area contributed by atoms with Gasteiger partial charge < -0.3 is 24.1 Å². The van der Waals surface area contributed by atoms with E-state index in [0.29, 0.717) is 50.0 Å². The Morgan fingerprint density at radius 1 is 1.17 bits per heavy atom. The molecule has 1 aliphatic rings. The first-order valence-electron chi connectivity index (χ1n) is 9.84. The van der Waals surface area contributed by atoms with Crippen molar-refractivity contribution in [3.8, 4) is 5.75 Å². The molecule has 1 aromatic carbocycles. The van der Waals surface area contributed by atoms with Gasteiger partial charge in [0.2, 0.25) is 0 Å². The van der Waals surface area contributed by atoms with Crippen molar-refractivity contribution in [3.63, 3.8) is 0 Å². The molecule has 2 heterocycles. The van der Waals surface area contributed by atoms with E-state index >= 15 is 0 Å². The summed E-state index contributed by atoms with van der Waals surface area (Å²) in [7, 11) is 0. The Kier molecular flexibility index (Phi) is 7.47. The average molecular weight is 398 g/mol. The van der Waals surface area contributed by atoms with Crippen molar-refractivity contribution in [2.75, 3.05) is 32.9 Å². The zero-order chi connectivity index (χ0) is 20.5. The van der Waals surface area contributed by atoms with Crippen LogP contribution in [0.15, 0.2) is 52.8 Å². The van der Waals surface area contributed by atoms with Crippen molar-refractivity contribution >= 4 is 17.9 Å². The fourth-order valence-corrected chi connectivity index (χ4v) is 2.84. The lowest BCUT2D eigenvalue weighted by atomic mass is 10.2. The molecule has 1 fully saturated rings. The number of benzene rings is 1. The van der Waals surface area contributed by atoms with Crippen molar-refractivity contribution in [2.45, 2.75) is 19.8 Å². The monoisotopic (exact) mass is 398 g/mol. The van der Waals surface area contributed by atoms with Crippen molar-refractivity contribution < 1.29 is 23.5 Å². The molecule has 29 heavy (non-hydrogen) atoms. The number of hydrogen-bond donors (Lipinski definition) is 1. The van der Waals surface area contributed by atoms with Gasteiger partial charge in [-0.2, -0.15) is 0 Å². The SMILES string of the molecule is CCCCOc1ccc(C(=O)N/C(=C/c2ccco2)C(=O)N2CCOCC2)cc1. The topological polar surface area (TPSA) is 81.0 Å². The summed E-state index contributed by atoms with van der Waals surface area (Å²) in [6.07, 6.45) is 5.09. The zero-order valence-electron chi connectivity index (χ0n) is 16.6. The van der Waals surface area contributed by atoms with Crippen molar-refractivity contribution in [1.29, 1.82) is 0 Å². The van der Waals surface area contributed by atoms with Crippen molar-refractivity contribution in [3.05, 3.63) is 59.7 Å². The first-order valence-corrected chi connectivity index (χ1v) is 9.84. The second-order valence-electron chi connectivity index (χ2n) is 6.66. The molecule has 2 aromatic rings. The molecule has 1 aromatic heterocycles. The van der Waals surface area contributed by atoms with Crippen molar-refractivity contribution in [2.24, 2.45) is 0 Å². The van der Waals surface area contributed by atoms with Crippen LogP contribution in [0.2, 0.25) is 0 Å². The average Bonchev–Trinajstić information content (AvgIpc) is 3.27. The minimum absolute atomic E-state index is 0.162. The number of hydrogen-bond acceptors (Lipinski definition) is 5. The van der Waals surface area contributed by atoms with Gasteiger partial charge in [-0.15, -0.1) is 0 Å². The molecule has 1 aliphatic heterocycles. The number of nitrogens with zero attached hydrogens (tertiary/aromatic N) is 1. The highest BCUT2D eigenvalue weighted by Gasteiger charge is 2.23. The van der Waals surface area contributed by atoms with E-state index in [-0.39, 0.29) is 17.5 Å². The summed E-state index contributed by atoms with van der Waals surface area (Å²) in [5, 5.41) is 2.73. The summed E-state index contributed by atoms with van der Waals surface area (Å²) in [5.74, 6) is 0.564. The first-order chi connectivity index (χ1) is 14.2. The van der Waals surface area contributed by atoms with Gasteiger partial charge in [0.25, 0.3) is 11.8 Å². The molecule has 0 unspecified atom stereocenters. The smallest absolute Gasteiger partial charge is 0.270 e. The van der Waals surface area contributed by atoms with Crippen LogP contribution in [0.1, 0.15) is 35.9 Å². The van der Waals surface area contributed by atoms with Crippen LogP contribution in [0.5, 0.6) is 5.75 Å². The minimum atomic E-state index is -0.371. The Morgan fingerprint density at radius 3 is 2.59 bits per heavy atom. The van der Waals surface area contributed by atoms with E-state index in [1.54, 1.807) is 41.3 Å². The number of amides is 2. The molecule has 0 saturated carbocycles. The third-order valence-corrected chi connectivity index (χ3v) is 4.49. The van der Waals surface area contributed by atoms with Crippen LogP contribution < -0.4 is 10.1 Å². The van der Waals surface area contributed by atoms with E-state index in [0.717, 1.165) is 12.8 Å². The number of furan rings is 1. The van der Waals surface area contributed by atoms with Crippen LogP contribution in [0.3, 0.4) is 0 Å². The summed E-state index contributed by atoms with van der Waals surface area (Å²) in [4.78, 5) is 27.3. The fourth-order valence-electron chi connectivity index (χ4n) is 2.84. The van der Waals surface area contributed by atoms with Crippen LogP contribution in [0, 0.1) is 0 Å². The van der Waals surface area contributed by atoms with Gasteiger partial charge >= 0.3 is 0 Å². The number of morpholine rings is 1. The van der Waals surface area contributed by atoms with Crippen molar-refractivity contribution in [1.82, 2.24) is 10.2 Å². The Morgan fingerprint density at radius 2 is 1.93 bits per heavy atom. The number of nitrogens with one attached hydrogen (secondary N) is 1. The molecule has 0 radical (unpaired) electrons. The molecule has 0 bridgehead atoms. The molecule has 154 valence electrons. The minimum Gasteiger partial charge on any atom is -0.494 e. The molecule has 0 atom stereocenters. The second kappa shape index (κ2) is 10.5. The Labute approximate surface area is 170 Å². The zero-order valence-corrected chi connectivity index (χ0v) is 16.6. The van der Waals surface area contributed by atoms with E-state index in [1.807, 2.05) is 0 Å². The highest BCUT2D eigenvalue weighted by molar-refractivity contribution is 6.05. The molecular formula is C22H26N2O5. The lowest BCUT2D eigenvalue weighted by molar-refractivity contribution is -0.131. The van der Waals surface area contributed by atoms with Crippen LogP contribution in [-0.4, -0.2) is 49.6 Å². The Bertz CT molecular complexity index is 821. The number of unbranched alkanes of at least 4 members (excludes halogenated alkanes) is 1. The van der Waals surface area contributed by atoms with Gasteiger partial charge in [0.1, 0.15) is 17.2 Å². The third kappa shape index (κ3) is 5.96. The van der Waals surface area contributed by atoms with E-state index < -0.39 is 0 Å². The van der Waals surface area contributed by atoms with Gasteiger partial charge in [0.05, 0.1) is 26.1 Å². The molecule has 1 saturated heterocycles. The first kappa shape index (κ1) is 20.7. The maximum absolute atomic E-state index is 12.9. The normalized spacial score (nSPS) is 14.5. The van der Waals surface area contributed by atoms with Gasteiger partial charge in [-0.1, -0.05) is 13.3 Å². The third-order valence-electron chi connectivity index (χ3n) is 4.49. The quantitative estimate of drug-likeness (QED) is 0.546. The molecule has 7 nitrogen and oxygen atoms in total. The van der Waals surface area contributed by atoms with Gasteiger partial charge in [0.15, 0.2) is 0 Å². The summed E-state index contributed by atoms with van der Waals surface area (Å²) in [5.41, 5.74) is 0.600. The molecule has 1 N–H and O–H groups in total. The van der Waals surface area contributed by atoms with Crippen LogP contribution >= 0.6 is 0 Å². The summed E-state index contributed by atoms with van der Waals surface area (Å²) in [6, 6.07) is 10.3. The van der Waals surface area contributed by atoms with Gasteiger partial charge in [-0.3, -0.25) is 9.59 Å². The van der Waals surface area contributed by atoms with Gasteiger partial charge in [0, 0.05) is 24.7 Å². The number of ether oxygens (including phenoxy) is 2. The molecule has 0 spiro atoms. The number of rotatable bonds is 8. The van der Waals surface area contributed by atoms with Crippen LogP contribution in [-0.2, 0) is 9.53 Å². The maximum Gasteiger partial charge on any atom is 0.270 e. The molecule has 2 amide bonds. The summed E-state index contributed by atoms with van der Waals surface area (Å²) in [6.45, 7) is 4.66. The predicted molar refractivity (Wildman–Crippen MR) is 108 cm³/mol. The van der Waals surface area contributed by atoms with E-state index in [4.69, 9.17) is 13.9 Å². The lowest BCUT2D eigenvalue weighted by Gasteiger charge is -2.27. The highest BCUT2D eigenvalue weighted by Crippen LogP contribution is 2.15. The van der Waals surface area contributed by atoms with E-state index in [1.165, 1.54) is 12.3 Å². The van der Waals surface area contributed by atoms with Crippen LogP contribution in [0.4, 0.5) is 0 Å². The number of carbonyl (C=O) groups is 2. The van der Waals surface area contributed by atoms with Crippen LogP contribution in [0.25, 0.3) is 6.08 Å². The Balaban J connectivity index is 1.71. The van der Waals surface area contributed by atoms with Gasteiger partial charge in [-0.25, -0.2) is 0 Å². The summed E-state index contributed by atoms with van der Waals surface area (Å²) < 4.78 is 16.2. The largest absolute Gasteiger partial charge is 0.494 e. The predicted octanol–water partition coefficient (Wildman–Crippen LogP) is 3.09. The van der Waals surface area contributed by atoms with Gasteiger partial charge in [-0.05, 0) is 42.8 Å². The fraction of sp³-hybridized carbons (Fsp3) is 0.364. The molecular weight excluding hydrogens is 372 g/mol. The lowest BCUT2D eigenvalue weighted by Crippen LogP contribution is -2.44. The second-order valence-corrected chi connectivity index (χ2v) is 6.66. The Hall–Kier alpha value is -3.06. The highest BCUT2D eigenvalue weighted by atomic mass is 16.5. The molecule has 7 heteroatoms. The number of carbonyl (C=O) groups excluding carboxylic acids is 2. The summed E-state index contributed by atoms with van der Waals surface area (Å²) >= 11 is 0. The standard InChI is InChI=1S/C22H26N2O5/c1-2-3-12-28-18-8-6-17(7-9-18)21(25)23-20(16-19-5-4-13-29-19)22(26)24-10-14-27-15-11-24/h4-9,13,16H,2-3,10-12,14-15H2,1H3,(H,23,25)/b20-16+. The van der Waals surface area contributed by atoms with E-state index in [2.05, 4.69) is 12.2 Å². The molecule has 3 rings (SSSR count).